The molecule has 0 saturated carbocycles. The average molecular weight is 266 g/mol. The number of benzene rings is 1. The summed E-state index contributed by atoms with van der Waals surface area (Å²) in [6.07, 6.45) is 5.78. The summed E-state index contributed by atoms with van der Waals surface area (Å²) in [6, 6.07) is 8.28. The van der Waals surface area contributed by atoms with E-state index in [9.17, 15) is 0 Å². The third-order valence-corrected chi connectivity index (χ3v) is 3.44. The maximum Gasteiger partial charge on any atom is 0.120 e. The molecule has 1 aromatic carbocycles. The zero-order chi connectivity index (χ0) is 13.9. The summed E-state index contributed by atoms with van der Waals surface area (Å²) >= 11 is 0. The molecular weight excluding hydrogens is 248 g/mol. The number of ether oxygens (including phenoxy) is 1. The molecule has 0 spiro atoms. The molecular formula is C17H18N2O. The molecule has 0 bridgehead atoms. The number of nitrogens with zero attached hydrogens (tertiary/aromatic N) is 2. The van der Waals surface area contributed by atoms with Gasteiger partial charge in [0.2, 0.25) is 0 Å². The number of rotatable bonds is 4. The van der Waals surface area contributed by atoms with Gasteiger partial charge in [0.1, 0.15) is 12.4 Å². The van der Waals surface area contributed by atoms with Crippen LogP contribution in [-0.2, 0) is 0 Å². The van der Waals surface area contributed by atoms with Gasteiger partial charge in [-0.15, -0.1) is 0 Å². The Morgan fingerprint density at radius 3 is 2.85 bits per heavy atom. The minimum Gasteiger partial charge on any atom is -0.489 e. The quantitative estimate of drug-likeness (QED) is 0.844. The van der Waals surface area contributed by atoms with Crippen LogP contribution in [-0.4, -0.2) is 24.4 Å². The SMILES string of the molecule is CC(C)c1cc2cc(OCC3=CC=NC3)ccc2cn1. The summed E-state index contributed by atoms with van der Waals surface area (Å²) in [6.45, 7) is 5.67. The second-order valence-corrected chi connectivity index (χ2v) is 5.38. The minimum atomic E-state index is 0.435. The number of hydrogen-bond donors (Lipinski definition) is 0. The first-order chi connectivity index (χ1) is 9.72. The molecule has 0 aliphatic carbocycles. The van der Waals surface area contributed by atoms with E-state index in [1.54, 1.807) is 0 Å². The topological polar surface area (TPSA) is 34.5 Å². The van der Waals surface area contributed by atoms with Crippen molar-refractivity contribution in [3.8, 4) is 5.75 Å². The Morgan fingerprint density at radius 2 is 2.10 bits per heavy atom. The third-order valence-electron chi connectivity index (χ3n) is 3.44. The van der Waals surface area contributed by atoms with Crippen molar-refractivity contribution in [3.63, 3.8) is 0 Å². The predicted octanol–water partition coefficient (Wildman–Crippen LogP) is 3.75. The van der Waals surface area contributed by atoms with Crippen molar-refractivity contribution in [2.24, 2.45) is 4.99 Å². The van der Waals surface area contributed by atoms with E-state index in [-0.39, 0.29) is 0 Å². The first-order valence-electron chi connectivity index (χ1n) is 6.93. The van der Waals surface area contributed by atoms with Gasteiger partial charge in [-0.1, -0.05) is 13.8 Å². The molecule has 1 aliphatic rings. The Bertz CT molecular complexity index is 686. The number of fused-ring (bicyclic) bond motifs is 1. The van der Waals surface area contributed by atoms with E-state index in [1.807, 2.05) is 24.6 Å². The first-order valence-corrected chi connectivity index (χ1v) is 6.93. The van der Waals surface area contributed by atoms with Gasteiger partial charge in [0.15, 0.2) is 0 Å². The summed E-state index contributed by atoms with van der Waals surface area (Å²) in [5.41, 5.74) is 2.32. The second kappa shape index (κ2) is 5.45. The van der Waals surface area contributed by atoms with E-state index in [0.717, 1.165) is 23.4 Å². The monoisotopic (exact) mass is 266 g/mol. The zero-order valence-corrected chi connectivity index (χ0v) is 11.8. The van der Waals surface area contributed by atoms with Crippen molar-refractivity contribution in [1.29, 1.82) is 0 Å². The first kappa shape index (κ1) is 12.9. The number of aliphatic imine (C=N–C) groups is 1. The van der Waals surface area contributed by atoms with Gasteiger partial charge in [-0.05, 0) is 47.2 Å². The van der Waals surface area contributed by atoms with Crippen LogP contribution in [0, 0.1) is 0 Å². The van der Waals surface area contributed by atoms with E-state index >= 15 is 0 Å². The molecule has 0 unspecified atom stereocenters. The Kier molecular flexibility index (Phi) is 3.50. The van der Waals surface area contributed by atoms with Crippen molar-refractivity contribution >= 4 is 17.0 Å². The lowest BCUT2D eigenvalue weighted by Crippen LogP contribution is -2.02. The van der Waals surface area contributed by atoms with E-state index in [2.05, 4.69) is 42.0 Å². The van der Waals surface area contributed by atoms with Crippen LogP contribution < -0.4 is 4.74 Å². The van der Waals surface area contributed by atoms with Gasteiger partial charge in [-0.25, -0.2) is 0 Å². The Balaban J connectivity index is 1.81. The van der Waals surface area contributed by atoms with Crippen molar-refractivity contribution in [2.45, 2.75) is 19.8 Å². The van der Waals surface area contributed by atoms with Crippen LogP contribution in [0.25, 0.3) is 10.8 Å². The van der Waals surface area contributed by atoms with Crippen LogP contribution >= 0.6 is 0 Å². The molecule has 1 aliphatic heterocycles. The van der Waals surface area contributed by atoms with E-state index in [1.165, 1.54) is 11.0 Å². The van der Waals surface area contributed by atoms with Crippen molar-refractivity contribution < 1.29 is 4.74 Å². The Hall–Kier alpha value is -2.16. The third kappa shape index (κ3) is 2.72. The molecule has 0 atom stereocenters. The van der Waals surface area contributed by atoms with E-state index < -0.39 is 0 Å². The molecule has 1 aromatic heterocycles. The predicted molar refractivity (Wildman–Crippen MR) is 82.8 cm³/mol. The summed E-state index contributed by atoms with van der Waals surface area (Å²) in [5, 5.41) is 2.32. The highest BCUT2D eigenvalue weighted by atomic mass is 16.5. The minimum absolute atomic E-state index is 0.435. The highest BCUT2D eigenvalue weighted by molar-refractivity contribution is 5.83. The van der Waals surface area contributed by atoms with Gasteiger partial charge in [0.25, 0.3) is 0 Å². The number of pyridine rings is 1. The molecule has 0 fully saturated rings. The highest BCUT2D eigenvalue weighted by Crippen LogP contribution is 2.23. The largest absolute Gasteiger partial charge is 0.489 e. The smallest absolute Gasteiger partial charge is 0.120 e. The fourth-order valence-corrected chi connectivity index (χ4v) is 2.19. The average Bonchev–Trinajstić information content (AvgIpc) is 2.97. The molecule has 0 N–H and O–H groups in total. The number of hydrogen-bond acceptors (Lipinski definition) is 3. The second-order valence-electron chi connectivity index (χ2n) is 5.38. The molecule has 2 aromatic rings. The van der Waals surface area contributed by atoms with Gasteiger partial charge in [0, 0.05) is 23.5 Å². The van der Waals surface area contributed by atoms with Crippen LogP contribution in [0.15, 0.2) is 47.1 Å². The van der Waals surface area contributed by atoms with Crippen molar-refractivity contribution in [2.75, 3.05) is 13.2 Å². The molecule has 102 valence electrons. The maximum absolute atomic E-state index is 5.83. The molecule has 2 heterocycles. The Morgan fingerprint density at radius 1 is 1.20 bits per heavy atom. The zero-order valence-electron chi connectivity index (χ0n) is 11.8. The van der Waals surface area contributed by atoms with Gasteiger partial charge in [0.05, 0.1) is 6.54 Å². The van der Waals surface area contributed by atoms with E-state index in [0.29, 0.717) is 12.5 Å². The normalized spacial score (nSPS) is 14.1. The molecule has 3 heteroatoms. The van der Waals surface area contributed by atoms with Gasteiger partial charge >= 0.3 is 0 Å². The van der Waals surface area contributed by atoms with Crippen molar-refractivity contribution in [1.82, 2.24) is 4.98 Å². The summed E-state index contributed by atoms with van der Waals surface area (Å²) in [4.78, 5) is 8.63. The van der Waals surface area contributed by atoms with E-state index in [4.69, 9.17) is 4.74 Å². The molecule has 20 heavy (non-hydrogen) atoms. The Labute approximate surface area is 119 Å². The fraction of sp³-hybridized carbons (Fsp3) is 0.294. The molecule has 3 rings (SSSR count). The van der Waals surface area contributed by atoms with Crippen LogP contribution in [0.5, 0.6) is 5.75 Å². The standard InChI is InChI=1S/C17H18N2O/c1-12(2)17-8-15-7-16(4-3-14(15)10-19-17)20-11-13-5-6-18-9-13/h3-8,10,12H,9,11H2,1-2H3. The number of aromatic nitrogens is 1. The van der Waals surface area contributed by atoms with Gasteiger partial charge < -0.3 is 4.74 Å². The lowest BCUT2D eigenvalue weighted by molar-refractivity contribution is 0.351. The highest BCUT2D eigenvalue weighted by Gasteiger charge is 2.05. The summed E-state index contributed by atoms with van der Waals surface area (Å²) < 4.78 is 5.83. The molecule has 0 radical (unpaired) electrons. The van der Waals surface area contributed by atoms with Crippen LogP contribution in [0.3, 0.4) is 0 Å². The molecule has 3 nitrogen and oxygen atoms in total. The summed E-state index contributed by atoms with van der Waals surface area (Å²) in [5.74, 6) is 1.33. The fourth-order valence-electron chi connectivity index (χ4n) is 2.19. The lowest BCUT2D eigenvalue weighted by atomic mass is 10.1. The molecule has 0 amide bonds. The van der Waals surface area contributed by atoms with Crippen LogP contribution in [0.1, 0.15) is 25.5 Å². The number of allylic oxidation sites excluding steroid dienone is 1. The lowest BCUT2D eigenvalue weighted by Gasteiger charge is -2.09. The van der Waals surface area contributed by atoms with Crippen LogP contribution in [0.2, 0.25) is 0 Å². The maximum atomic E-state index is 5.83. The van der Waals surface area contributed by atoms with Crippen LogP contribution in [0.4, 0.5) is 0 Å². The van der Waals surface area contributed by atoms with Gasteiger partial charge in [-0.3, -0.25) is 9.98 Å². The summed E-state index contributed by atoms with van der Waals surface area (Å²) in [7, 11) is 0. The molecule has 0 saturated heterocycles. The van der Waals surface area contributed by atoms with Crippen molar-refractivity contribution in [3.05, 3.63) is 47.8 Å². The van der Waals surface area contributed by atoms with Gasteiger partial charge in [-0.2, -0.15) is 0 Å².